The number of benzene rings is 1. The number of carbonyl (C=O) groups is 1. The Bertz CT molecular complexity index is 956. The topological polar surface area (TPSA) is 46.8 Å². The molecule has 0 saturated carbocycles. The van der Waals surface area contributed by atoms with Crippen LogP contribution in [0.2, 0.25) is 0 Å². The fraction of sp³-hybridized carbons (Fsp3) is 0.304. The van der Waals surface area contributed by atoms with Gasteiger partial charge in [0.05, 0.1) is 12.2 Å². The predicted molar refractivity (Wildman–Crippen MR) is 111 cm³/mol. The van der Waals surface area contributed by atoms with Crippen LogP contribution in [0.3, 0.4) is 0 Å². The number of aromatic nitrogens is 2. The van der Waals surface area contributed by atoms with E-state index in [1.54, 1.807) is 6.08 Å². The third-order valence-electron chi connectivity index (χ3n) is 5.03. The molecule has 144 valence electrons. The fourth-order valence-electron chi connectivity index (χ4n) is 3.58. The summed E-state index contributed by atoms with van der Waals surface area (Å²) >= 11 is 0. The number of pyridine rings is 1. The van der Waals surface area contributed by atoms with Gasteiger partial charge in [-0.1, -0.05) is 42.8 Å². The van der Waals surface area contributed by atoms with E-state index in [1.807, 2.05) is 65.3 Å². The minimum Gasteiger partial charge on any atom is -0.358 e. The molecular formula is C23H25N3O2. The van der Waals surface area contributed by atoms with Crippen molar-refractivity contribution in [1.82, 2.24) is 14.5 Å². The Hall–Kier alpha value is -2.76. The first-order valence-electron chi connectivity index (χ1n) is 9.85. The van der Waals surface area contributed by atoms with Gasteiger partial charge in [0.25, 0.3) is 0 Å². The molecule has 0 spiro atoms. The molecule has 5 nitrogen and oxygen atoms in total. The van der Waals surface area contributed by atoms with Crippen LogP contribution in [0.1, 0.15) is 24.8 Å². The Labute approximate surface area is 165 Å². The highest BCUT2D eigenvalue weighted by Crippen LogP contribution is 2.27. The molecule has 0 atom stereocenters. The zero-order chi connectivity index (χ0) is 19.2. The Morgan fingerprint density at radius 3 is 2.64 bits per heavy atom. The number of carbonyl (C=O) groups excluding carboxylic acids is 1. The molecule has 1 aromatic carbocycles. The minimum absolute atomic E-state index is 0.0358. The average Bonchev–Trinajstić information content (AvgIpc) is 3.12. The van der Waals surface area contributed by atoms with Crippen LogP contribution >= 0.6 is 0 Å². The number of hydrogen-bond acceptors (Lipinski definition) is 4. The lowest BCUT2D eigenvalue weighted by molar-refractivity contribution is -0.120. The summed E-state index contributed by atoms with van der Waals surface area (Å²) in [4.78, 5) is 14.6. The molecule has 3 heterocycles. The van der Waals surface area contributed by atoms with E-state index in [0.29, 0.717) is 6.73 Å². The smallest absolute Gasteiger partial charge is 0.181 e. The van der Waals surface area contributed by atoms with Crippen molar-refractivity contribution in [2.24, 2.45) is 0 Å². The highest BCUT2D eigenvalue weighted by Gasteiger charge is 2.13. The number of ether oxygens (including phenoxy) is 1. The number of ketones is 1. The van der Waals surface area contributed by atoms with Gasteiger partial charge in [0.2, 0.25) is 0 Å². The van der Waals surface area contributed by atoms with E-state index in [4.69, 9.17) is 9.84 Å². The molecule has 1 aliphatic rings. The Morgan fingerprint density at radius 2 is 1.82 bits per heavy atom. The minimum atomic E-state index is -0.0358. The van der Waals surface area contributed by atoms with E-state index in [1.165, 1.54) is 19.3 Å². The molecule has 1 aliphatic heterocycles. The summed E-state index contributed by atoms with van der Waals surface area (Å²) in [7, 11) is 0. The lowest BCUT2D eigenvalue weighted by Crippen LogP contribution is -2.32. The molecule has 3 aromatic rings. The quantitative estimate of drug-likeness (QED) is 0.585. The summed E-state index contributed by atoms with van der Waals surface area (Å²) in [5.41, 5.74) is 3.81. The second kappa shape index (κ2) is 8.95. The molecule has 0 radical (unpaired) electrons. The monoisotopic (exact) mass is 375 g/mol. The van der Waals surface area contributed by atoms with Gasteiger partial charge in [-0.05, 0) is 37.1 Å². The van der Waals surface area contributed by atoms with Gasteiger partial charge in [-0.15, -0.1) is 0 Å². The fourth-order valence-corrected chi connectivity index (χ4v) is 3.58. The Morgan fingerprint density at radius 1 is 1.04 bits per heavy atom. The van der Waals surface area contributed by atoms with E-state index in [-0.39, 0.29) is 12.4 Å². The van der Waals surface area contributed by atoms with Crippen LogP contribution in [0.5, 0.6) is 0 Å². The second-order valence-electron chi connectivity index (χ2n) is 7.11. The first-order valence-corrected chi connectivity index (χ1v) is 9.85. The molecule has 0 bridgehead atoms. The SMILES string of the molecule is O=C(/C=C/c1c(-c2ccccc2)nn2ccccc12)COCN1CCCCC1. The summed E-state index contributed by atoms with van der Waals surface area (Å²) in [5, 5.41) is 4.70. The van der Waals surface area contributed by atoms with Crippen molar-refractivity contribution in [3.8, 4) is 11.3 Å². The summed E-state index contributed by atoms with van der Waals surface area (Å²) in [6.07, 6.45) is 9.11. The van der Waals surface area contributed by atoms with Gasteiger partial charge in [-0.3, -0.25) is 9.69 Å². The standard InChI is InChI=1S/C23H25N3O2/c27-20(17-28-18-25-14-6-2-7-15-25)12-13-21-22-11-5-8-16-26(22)24-23(21)19-9-3-1-4-10-19/h1,3-5,8-13,16H,2,6-7,14-15,17-18H2/b13-12+. The van der Waals surface area contributed by atoms with E-state index in [0.717, 1.165) is 35.4 Å². The van der Waals surface area contributed by atoms with Crippen LogP contribution < -0.4 is 0 Å². The number of piperidine rings is 1. The van der Waals surface area contributed by atoms with Gasteiger partial charge in [0, 0.05) is 30.4 Å². The van der Waals surface area contributed by atoms with Crippen LogP contribution in [-0.4, -0.2) is 46.7 Å². The van der Waals surface area contributed by atoms with Gasteiger partial charge in [0.1, 0.15) is 12.3 Å². The molecule has 1 saturated heterocycles. The van der Waals surface area contributed by atoms with Crippen LogP contribution in [0, 0.1) is 0 Å². The van der Waals surface area contributed by atoms with Crippen LogP contribution in [-0.2, 0) is 9.53 Å². The Kier molecular flexibility index (Phi) is 5.95. The van der Waals surface area contributed by atoms with Gasteiger partial charge in [-0.25, -0.2) is 4.52 Å². The molecule has 2 aromatic heterocycles. The van der Waals surface area contributed by atoms with Crippen LogP contribution in [0.4, 0.5) is 0 Å². The van der Waals surface area contributed by atoms with Crippen molar-refractivity contribution in [3.05, 3.63) is 66.4 Å². The zero-order valence-corrected chi connectivity index (χ0v) is 16.0. The first kappa shape index (κ1) is 18.6. The molecular weight excluding hydrogens is 350 g/mol. The third-order valence-corrected chi connectivity index (χ3v) is 5.03. The van der Waals surface area contributed by atoms with Crippen molar-refractivity contribution in [1.29, 1.82) is 0 Å². The van der Waals surface area contributed by atoms with E-state index in [2.05, 4.69) is 4.90 Å². The van der Waals surface area contributed by atoms with E-state index >= 15 is 0 Å². The summed E-state index contributed by atoms with van der Waals surface area (Å²) in [5.74, 6) is -0.0358. The summed E-state index contributed by atoms with van der Waals surface area (Å²) in [6.45, 7) is 2.76. The van der Waals surface area contributed by atoms with E-state index < -0.39 is 0 Å². The summed E-state index contributed by atoms with van der Waals surface area (Å²) in [6, 6.07) is 16.0. The van der Waals surface area contributed by atoms with Crippen LogP contribution in [0.15, 0.2) is 60.8 Å². The Balaban J connectivity index is 1.48. The maximum absolute atomic E-state index is 12.3. The molecule has 0 aliphatic carbocycles. The molecule has 28 heavy (non-hydrogen) atoms. The van der Waals surface area contributed by atoms with Crippen molar-refractivity contribution in [3.63, 3.8) is 0 Å². The van der Waals surface area contributed by atoms with E-state index in [9.17, 15) is 4.79 Å². The number of hydrogen-bond donors (Lipinski definition) is 0. The number of rotatable bonds is 7. The number of fused-ring (bicyclic) bond motifs is 1. The first-order chi connectivity index (χ1) is 13.8. The highest BCUT2D eigenvalue weighted by atomic mass is 16.5. The molecule has 1 fully saturated rings. The van der Waals surface area contributed by atoms with Crippen molar-refractivity contribution in [2.45, 2.75) is 19.3 Å². The lowest BCUT2D eigenvalue weighted by atomic mass is 10.1. The zero-order valence-electron chi connectivity index (χ0n) is 16.0. The maximum atomic E-state index is 12.3. The number of nitrogens with zero attached hydrogens (tertiary/aromatic N) is 3. The van der Waals surface area contributed by atoms with Gasteiger partial charge < -0.3 is 4.74 Å². The second-order valence-corrected chi connectivity index (χ2v) is 7.11. The normalized spacial score (nSPS) is 15.4. The largest absolute Gasteiger partial charge is 0.358 e. The molecule has 4 rings (SSSR count). The third kappa shape index (κ3) is 4.38. The lowest BCUT2D eigenvalue weighted by Gasteiger charge is -2.25. The molecule has 0 unspecified atom stereocenters. The van der Waals surface area contributed by atoms with Crippen molar-refractivity contribution < 1.29 is 9.53 Å². The van der Waals surface area contributed by atoms with Gasteiger partial charge in [-0.2, -0.15) is 5.10 Å². The maximum Gasteiger partial charge on any atom is 0.181 e. The van der Waals surface area contributed by atoms with Crippen molar-refractivity contribution >= 4 is 17.4 Å². The molecule has 0 amide bonds. The predicted octanol–water partition coefficient (Wildman–Crippen LogP) is 4.04. The highest BCUT2D eigenvalue weighted by molar-refractivity contribution is 5.97. The number of likely N-dealkylation sites (tertiary alicyclic amines) is 1. The van der Waals surface area contributed by atoms with Gasteiger partial charge in [0.15, 0.2) is 5.78 Å². The molecule has 5 heteroatoms. The molecule has 0 N–H and O–H groups in total. The average molecular weight is 375 g/mol. The summed E-state index contributed by atoms with van der Waals surface area (Å²) < 4.78 is 7.46. The van der Waals surface area contributed by atoms with Gasteiger partial charge >= 0.3 is 0 Å². The van der Waals surface area contributed by atoms with Crippen molar-refractivity contribution in [2.75, 3.05) is 26.4 Å². The van der Waals surface area contributed by atoms with Crippen LogP contribution in [0.25, 0.3) is 22.9 Å².